The number of rotatable bonds is 29. The van der Waals surface area contributed by atoms with Gasteiger partial charge >= 0.3 is 0 Å². The number of hydrogen-bond acceptors (Lipinski definition) is 2. The summed E-state index contributed by atoms with van der Waals surface area (Å²) in [5.41, 5.74) is 17.0. The molecule has 3 rings (SSSR count). The predicted molar refractivity (Wildman–Crippen MR) is 338 cm³/mol. The SMILES string of the molecule is C=C(C)[C@H](C)CCC(=C)[C@H](C)CC[C@]1(C)O[C@@]2(CCC(C)(C)C(/C=C/C(C)=C/C=C/C(C)=C/C=C/C=C(C)/C=C/C=C(C)/C=C/C3=C(C)CCCC3(C)C)=C2C)O[C@@H]1CC/C=C(\C)CC[C@@H](C)C(=C)CC[C@H](C)C(=C)C. The average Bonchev–Trinajstić information content (AvgIpc) is 3.64. The molecular weight excluding hydrogens is 921 g/mol. The molecule has 0 amide bonds. The van der Waals surface area contributed by atoms with E-state index in [1.807, 2.05) is 0 Å². The third-order valence-electron chi connectivity index (χ3n) is 17.9. The lowest BCUT2D eigenvalue weighted by molar-refractivity contribution is -0.174. The van der Waals surface area contributed by atoms with Gasteiger partial charge in [0, 0.05) is 6.42 Å². The van der Waals surface area contributed by atoms with Gasteiger partial charge in [-0.2, -0.15) is 0 Å². The van der Waals surface area contributed by atoms with E-state index < -0.39 is 11.4 Å². The smallest absolute Gasteiger partial charge is 0.192 e. The molecule has 7 atom stereocenters. The average molecular weight is 1030 g/mol. The van der Waals surface area contributed by atoms with Crippen molar-refractivity contribution in [2.24, 2.45) is 34.5 Å². The zero-order valence-electron chi connectivity index (χ0n) is 52.3. The van der Waals surface area contributed by atoms with Gasteiger partial charge in [0.1, 0.15) is 0 Å². The van der Waals surface area contributed by atoms with Gasteiger partial charge in [-0.15, -0.1) is 0 Å². The second-order valence-corrected chi connectivity index (χ2v) is 25.9. The van der Waals surface area contributed by atoms with Gasteiger partial charge in [0.25, 0.3) is 0 Å². The zero-order valence-corrected chi connectivity index (χ0v) is 52.3. The highest BCUT2D eigenvalue weighted by atomic mass is 16.8. The van der Waals surface area contributed by atoms with Crippen LogP contribution in [0.4, 0.5) is 0 Å². The highest BCUT2D eigenvalue weighted by molar-refractivity contribution is 5.41. The maximum Gasteiger partial charge on any atom is 0.192 e. The molecule has 0 bridgehead atoms. The summed E-state index contributed by atoms with van der Waals surface area (Å²) in [5, 5.41) is 0. The molecular formula is C74H112O2. The van der Waals surface area contributed by atoms with E-state index in [1.54, 1.807) is 0 Å². The molecule has 1 aliphatic heterocycles. The molecule has 0 radical (unpaired) electrons. The zero-order chi connectivity index (χ0) is 57.0. The highest BCUT2D eigenvalue weighted by Gasteiger charge is 2.57. The van der Waals surface area contributed by atoms with Crippen LogP contribution in [0, 0.1) is 34.5 Å². The second-order valence-electron chi connectivity index (χ2n) is 25.9. The van der Waals surface area contributed by atoms with Crippen molar-refractivity contribution < 1.29 is 9.47 Å². The van der Waals surface area contributed by atoms with Crippen LogP contribution in [0.1, 0.15) is 221 Å². The first-order chi connectivity index (χ1) is 35.5. The van der Waals surface area contributed by atoms with E-state index in [1.165, 1.54) is 91.7 Å². The van der Waals surface area contributed by atoms with Crippen LogP contribution in [0.5, 0.6) is 0 Å². The van der Waals surface area contributed by atoms with Crippen molar-refractivity contribution in [1.29, 1.82) is 0 Å². The second kappa shape index (κ2) is 30.8. The molecule has 3 aliphatic rings. The van der Waals surface area contributed by atoms with Crippen molar-refractivity contribution in [1.82, 2.24) is 0 Å². The molecule has 0 unspecified atom stereocenters. The fraction of sp³-hybridized carbons (Fsp3) is 0.568. The van der Waals surface area contributed by atoms with Crippen LogP contribution in [0.3, 0.4) is 0 Å². The van der Waals surface area contributed by atoms with Gasteiger partial charge in [0.05, 0.1) is 11.7 Å². The van der Waals surface area contributed by atoms with Crippen molar-refractivity contribution >= 4 is 0 Å². The fourth-order valence-electron chi connectivity index (χ4n) is 11.0. The third kappa shape index (κ3) is 21.2. The lowest BCUT2D eigenvalue weighted by Crippen LogP contribution is -2.42. The van der Waals surface area contributed by atoms with Gasteiger partial charge in [-0.1, -0.05) is 229 Å². The first-order valence-corrected chi connectivity index (χ1v) is 29.7. The lowest BCUT2D eigenvalue weighted by Gasteiger charge is -2.43. The van der Waals surface area contributed by atoms with E-state index >= 15 is 0 Å². The van der Waals surface area contributed by atoms with Crippen molar-refractivity contribution in [3.05, 3.63) is 190 Å². The molecule has 2 nitrogen and oxygen atoms in total. The summed E-state index contributed by atoms with van der Waals surface area (Å²) < 4.78 is 14.9. The Hall–Kier alpha value is -4.24. The Kier molecular flexibility index (Phi) is 26.8. The summed E-state index contributed by atoms with van der Waals surface area (Å²) in [7, 11) is 0. The van der Waals surface area contributed by atoms with Crippen LogP contribution >= 0.6 is 0 Å². The van der Waals surface area contributed by atoms with Crippen LogP contribution < -0.4 is 0 Å². The Bertz CT molecular complexity index is 2390. The topological polar surface area (TPSA) is 18.5 Å². The monoisotopic (exact) mass is 1030 g/mol. The van der Waals surface area contributed by atoms with Gasteiger partial charge in [-0.3, -0.25) is 0 Å². The summed E-state index contributed by atoms with van der Waals surface area (Å²) in [5.74, 6) is 1.23. The molecule has 2 heteroatoms. The standard InChI is InChI=1S/C74H112O2/c1-53(2)60(10)42-44-63(13)62(12)41-38-57(7)35-27-37-70-73(22,50-48-65(15)64(14)45-43-61(11)54(3)4)76-74(75-70)52-51-72(20,21)69(67(74)17)47-40-59(9)34-26-32-56(6)30-24-23-29-55(5)31-25-33-58(8)39-46-68-66(16)36-28-49-71(68,18)19/h23-26,29-35,39-40,46-47,60-62,65,70H,1,3,13-14,27-28,36-38,41-45,48-52H2,2,4-12,15-22H3/b24-23+,31-25+,32-26+,46-39+,47-40+,55-29+,56-30+,57-35+,58-33+,59-34+/t60-,61+,62+,65+,70+,73-,74+/m0/s1. The molecule has 1 heterocycles. The summed E-state index contributed by atoms with van der Waals surface area (Å²) >= 11 is 0. The molecule has 0 saturated carbocycles. The number of hydrogen-bond donors (Lipinski definition) is 0. The van der Waals surface area contributed by atoms with E-state index in [9.17, 15) is 0 Å². The van der Waals surface area contributed by atoms with Gasteiger partial charge in [-0.25, -0.2) is 0 Å². The molecule has 0 N–H and O–H groups in total. The maximum absolute atomic E-state index is 7.47. The largest absolute Gasteiger partial charge is 0.340 e. The van der Waals surface area contributed by atoms with Crippen molar-refractivity contribution in [2.45, 2.75) is 238 Å². The van der Waals surface area contributed by atoms with E-state index in [4.69, 9.17) is 9.47 Å². The quantitative estimate of drug-likeness (QED) is 0.0549. The van der Waals surface area contributed by atoms with E-state index in [-0.39, 0.29) is 16.9 Å². The predicted octanol–water partition coefficient (Wildman–Crippen LogP) is 22.7. The molecule has 76 heavy (non-hydrogen) atoms. The van der Waals surface area contributed by atoms with Gasteiger partial charge in [0.15, 0.2) is 5.79 Å². The molecule has 1 spiro atoms. The Morgan fingerprint density at radius 1 is 0.566 bits per heavy atom. The van der Waals surface area contributed by atoms with Crippen LogP contribution in [-0.2, 0) is 9.47 Å². The Morgan fingerprint density at radius 2 is 1.03 bits per heavy atom. The molecule has 420 valence electrons. The Morgan fingerprint density at radius 3 is 1.54 bits per heavy atom. The first-order valence-electron chi connectivity index (χ1n) is 29.7. The third-order valence-corrected chi connectivity index (χ3v) is 17.9. The normalized spacial score (nSPS) is 24.8. The summed E-state index contributed by atoms with van der Waals surface area (Å²) in [6, 6.07) is 0. The molecule has 0 aromatic heterocycles. The molecule has 1 fully saturated rings. The van der Waals surface area contributed by atoms with Crippen LogP contribution in [0.2, 0.25) is 0 Å². The van der Waals surface area contributed by atoms with Gasteiger partial charge in [-0.05, 0) is 210 Å². The van der Waals surface area contributed by atoms with Crippen molar-refractivity contribution in [2.75, 3.05) is 0 Å². The lowest BCUT2D eigenvalue weighted by atomic mass is 9.70. The Balaban J connectivity index is 1.75. The Labute approximate surface area is 470 Å². The summed E-state index contributed by atoms with van der Waals surface area (Å²) in [4.78, 5) is 0. The minimum absolute atomic E-state index is 0.00795. The minimum atomic E-state index is -0.740. The summed E-state index contributed by atoms with van der Waals surface area (Å²) in [6.45, 7) is 58.4. The van der Waals surface area contributed by atoms with Crippen LogP contribution in [0.25, 0.3) is 0 Å². The fourth-order valence-corrected chi connectivity index (χ4v) is 11.0. The van der Waals surface area contributed by atoms with E-state index in [0.717, 1.165) is 77.0 Å². The van der Waals surface area contributed by atoms with Crippen LogP contribution in [-0.4, -0.2) is 17.5 Å². The van der Waals surface area contributed by atoms with E-state index in [2.05, 4.69) is 242 Å². The van der Waals surface area contributed by atoms with Gasteiger partial charge in [0.2, 0.25) is 0 Å². The first kappa shape index (κ1) is 66.0. The summed E-state index contributed by atoms with van der Waals surface area (Å²) in [6.07, 6.45) is 49.4. The molecule has 1 saturated heterocycles. The maximum atomic E-state index is 7.47. The molecule has 0 aromatic carbocycles. The van der Waals surface area contributed by atoms with Crippen LogP contribution in [0.15, 0.2) is 190 Å². The minimum Gasteiger partial charge on any atom is -0.340 e. The molecule has 2 aliphatic carbocycles. The van der Waals surface area contributed by atoms with E-state index in [0.29, 0.717) is 23.7 Å². The van der Waals surface area contributed by atoms with Gasteiger partial charge < -0.3 is 9.47 Å². The highest BCUT2D eigenvalue weighted by Crippen LogP contribution is 2.55. The van der Waals surface area contributed by atoms with Crippen molar-refractivity contribution in [3.63, 3.8) is 0 Å². The number of allylic oxidation sites excluding steroid dienone is 27. The molecule has 0 aromatic rings. The van der Waals surface area contributed by atoms with Crippen molar-refractivity contribution in [3.8, 4) is 0 Å². The number of ether oxygens (including phenoxy) is 2.